The molecule has 2 aliphatic rings. The van der Waals surface area contributed by atoms with Crippen molar-refractivity contribution in [1.82, 2.24) is 25.1 Å². The second kappa shape index (κ2) is 6.67. The van der Waals surface area contributed by atoms with Crippen molar-refractivity contribution in [3.63, 3.8) is 0 Å². The van der Waals surface area contributed by atoms with Crippen molar-refractivity contribution >= 4 is 0 Å². The lowest BCUT2D eigenvalue weighted by atomic mass is 10.00. The third-order valence-electron chi connectivity index (χ3n) is 5.38. The fourth-order valence-corrected chi connectivity index (χ4v) is 4.11. The molecular formula is C21H23N5O2. The number of fused-ring (bicyclic) bond motifs is 1. The van der Waals surface area contributed by atoms with Crippen molar-refractivity contribution in [3.8, 4) is 17.3 Å². The molecule has 1 fully saturated rings. The largest absolute Gasteiger partial charge is 0.487 e. The molecule has 1 saturated heterocycles. The molecule has 0 unspecified atom stereocenters. The minimum Gasteiger partial charge on any atom is -0.487 e. The minimum atomic E-state index is -0.0987. The lowest BCUT2D eigenvalue weighted by Crippen LogP contribution is -2.24. The number of rotatable bonds is 4. The summed E-state index contributed by atoms with van der Waals surface area (Å²) in [5.41, 5.74) is 3.15. The molecule has 7 heteroatoms. The second-order valence-electron chi connectivity index (χ2n) is 8.24. The van der Waals surface area contributed by atoms with E-state index in [0.29, 0.717) is 17.5 Å². The Hall–Kier alpha value is -2.80. The monoisotopic (exact) mass is 377 g/mol. The standard InChI is InChI=1S/C21H23N5O2/c1-21(2)10-16-9-14(3-4-18(16)28-21)12-26-8-5-15(13-26)19-24-25-20(27-19)17-11-22-6-7-23-17/h3-4,6-7,9,11,15H,5,8,10,12-13H2,1-2H3/t15-/m0/s1. The summed E-state index contributed by atoms with van der Waals surface area (Å²) in [4.78, 5) is 10.7. The lowest BCUT2D eigenvalue weighted by molar-refractivity contribution is 0.138. The molecule has 2 aromatic heterocycles. The highest BCUT2D eigenvalue weighted by molar-refractivity contribution is 5.43. The van der Waals surface area contributed by atoms with Crippen LogP contribution in [0.1, 0.15) is 43.2 Å². The molecule has 1 aromatic carbocycles. The Balaban J connectivity index is 1.24. The van der Waals surface area contributed by atoms with Crippen molar-refractivity contribution < 1.29 is 9.15 Å². The third kappa shape index (κ3) is 3.38. The van der Waals surface area contributed by atoms with E-state index in [1.54, 1.807) is 18.6 Å². The van der Waals surface area contributed by atoms with Crippen LogP contribution in [-0.4, -0.2) is 43.8 Å². The van der Waals surface area contributed by atoms with Crippen LogP contribution in [0.4, 0.5) is 0 Å². The maximum atomic E-state index is 5.98. The van der Waals surface area contributed by atoms with Crippen LogP contribution in [0.25, 0.3) is 11.6 Å². The molecule has 1 atom stereocenters. The Morgan fingerprint density at radius 3 is 3.00 bits per heavy atom. The summed E-state index contributed by atoms with van der Waals surface area (Å²) >= 11 is 0. The summed E-state index contributed by atoms with van der Waals surface area (Å²) in [6.45, 7) is 7.14. The van der Waals surface area contributed by atoms with Crippen LogP contribution >= 0.6 is 0 Å². The molecule has 0 N–H and O–H groups in total. The van der Waals surface area contributed by atoms with Gasteiger partial charge in [0.1, 0.15) is 17.0 Å². The summed E-state index contributed by atoms with van der Waals surface area (Å²) in [5.74, 6) is 2.40. The summed E-state index contributed by atoms with van der Waals surface area (Å²) in [6.07, 6.45) is 6.87. The Bertz CT molecular complexity index is 985. The van der Waals surface area contributed by atoms with Gasteiger partial charge < -0.3 is 9.15 Å². The summed E-state index contributed by atoms with van der Waals surface area (Å²) < 4.78 is 11.8. The van der Waals surface area contributed by atoms with E-state index in [9.17, 15) is 0 Å². The van der Waals surface area contributed by atoms with Crippen molar-refractivity contribution in [1.29, 1.82) is 0 Å². The Morgan fingerprint density at radius 1 is 1.21 bits per heavy atom. The number of nitrogens with zero attached hydrogens (tertiary/aromatic N) is 5. The van der Waals surface area contributed by atoms with Crippen LogP contribution in [0.2, 0.25) is 0 Å². The minimum absolute atomic E-state index is 0.0987. The van der Waals surface area contributed by atoms with Gasteiger partial charge in [0, 0.05) is 31.9 Å². The topological polar surface area (TPSA) is 77.2 Å². The first-order valence-corrected chi connectivity index (χ1v) is 9.69. The molecule has 0 aliphatic carbocycles. The normalized spacial score (nSPS) is 20.9. The van der Waals surface area contributed by atoms with Gasteiger partial charge in [0.2, 0.25) is 5.89 Å². The average Bonchev–Trinajstić information content (AvgIpc) is 3.39. The quantitative estimate of drug-likeness (QED) is 0.691. The van der Waals surface area contributed by atoms with Crippen molar-refractivity contribution in [2.75, 3.05) is 13.1 Å². The van der Waals surface area contributed by atoms with Gasteiger partial charge in [0.05, 0.1) is 12.1 Å². The molecule has 5 rings (SSSR count). The number of likely N-dealkylation sites (tertiary alicyclic amines) is 1. The van der Waals surface area contributed by atoms with Crippen molar-refractivity contribution in [3.05, 3.63) is 53.8 Å². The van der Waals surface area contributed by atoms with Gasteiger partial charge in [-0.05, 0) is 44.0 Å². The fourth-order valence-electron chi connectivity index (χ4n) is 4.11. The molecule has 0 radical (unpaired) electrons. The summed E-state index contributed by atoms with van der Waals surface area (Å²) in [6, 6.07) is 6.57. The molecule has 3 aromatic rings. The maximum Gasteiger partial charge on any atom is 0.267 e. The Labute approximate surface area is 163 Å². The zero-order chi connectivity index (χ0) is 19.1. The summed E-state index contributed by atoms with van der Waals surface area (Å²) in [7, 11) is 0. The van der Waals surface area contributed by atoms with Gasteiger partial charge in [0.15, 0.2) is 0 Å². The zero-order valence-corrected chi connectivity index (χ0v) is 16.1. The predicted molar refractivity (Wildman–Crippen MR) is 103 cm³/mol. The highest BCUT2D eigenvalue weighted by Crippen LogP contribution is 2.36. The van der Waals surface area contributed by atoms with Crippen LogP contribution in [0.3, 0.4) is 0 Å². The smallest absolute Gasteiger partial charge is 0.267 e. The van der Waals surface area contributed by atoms with Gasteiger partial charge in [-0.1, -0.05) is 12.1 Å². The van der Waals surface area contributed by atoms with Gasteiger partial charge in [-0.25, -0.2) is 4.98 Å². The van der Waals surface area contributed by atoms with E-state index >= 15 is 0 Å². The van der Waals surface area contributed by atoms with Crippen LogP contribution in [0.5, 0.6) is 5.75 Å². The molecule has 2 aliphatic heterocycles. The van der Waals surface area contributed by atoms with Gasteiger partial charge in [0.25, 0.3) is 5.89 Å². The zero-order valence-electron chi connectivity index (χ0n) is 16.1. The molecular weight excluding hydrogens is 354 g/mol. The third-order valence-corrected chi connectivity index (χ3v) is 5.38. The first-order valence-electron chi connectivity index (χ1n) is 9.69. The first kappa shape index (κ1) is 17.3. The number of ether oxygens (including phenoxy) is 1. The molecule has 7 nitrogen and oxygen atoms in total. The molecule has 0 saturated carbocycles. The molecule has 0 spiro atoms. The molecule has 28 heavy (non-hydrogen) atoms. The van der Waals surface area contributed by atoms with E-state index in [4.69, 9.17) is 9.15 Å². The fraction of sp³-hybridized carbons (Fsp3) is 0.429. The lowest BCUT2D eigenvalue weighted by Gasteiger charge is -2.16. The average molecular weight is 377 g/mol. The van der Waals surface area contributed by atoms with Crippen molar-refractivity contribution in [2.24, 2.45) is 0 Å². The first-order chi connectivity index (χ1) is 13.6. The predicted octanol–water partition coefficient (Wildman–Crippen LogP) is 3.23. The highest BCUT2D eigenvalue weighted by atomic mass is 16.5. The van der Waals surface area contributed by atoms with Crippen molar-refractivity contribution in [2.45, 2.75) is 44.8 Å². The van der Waals surface area contributed by atoms with E-state index in [1.165, 1.54) is 11.1 Å². The second-order valence-corrected chi connectivity index (χ2v) is 8.24. The highest BCUT2D eigenvalue weighted by Gasteiger charge is 2.31. The molecule has 0 bridgehead atoms. The Kier molecular flexibility index (Phi) is 4.12. The van der Waals surface area contributed by atoms with Gasteiger partial charge in [-0.2, -0.15) is 0 Å². The van der Waals surface area contributed by atoms with E-state index in [2.05, 4.69) is 57.1 Å². The van der Waals surface area contributed by atoms with Crippen LogP contribution in [0.15, 0.2) is 41.2 Å². The molecule has 4 heterocycles. The van der Waals surface area contributed by atoms with Crippen LogP contribution < -0.4 is 4.74 Å². The van der Waals surface area contributed by atoms with E-state index in [1.807, 2.05) is 0 Å². The Morgan fingerprint density at radius 2 is 2.14 bits per heavy atom. The SMILES string of the molecule is CC1(C)Cc2cc(CN3CC[C@H](c4nnc(-c5cnccn5)o4)C3)ccc2O1. The van der Waals surface area contributed by atoms with E-state index in [0.717, 1.165) is 38.2 Å². The van der Waals surface area contributed by atoms with Gasteiger partial charge in [-0.3, -0.25) is 9.88 Å². The molecule has 144 valence electrons. The maximum absolute atomic E-state index is 5.98. The van der Waals surface area contributed by atoms with Crippen LogP contribution in [-0.2, 0) is 13.0 Å². The number of aromatic nitrogens is 4. The number of hydrogen-bond donors (Lipinski definition) is 0. The van der Waals surface area contributed by atoms with E-state index < -0.39 is 0 Å². The number of hydrogen-bond acceptors (Lipinski definition) is 7. The van der Waals surface area contributed by atoms with Gasteiger partial charge >= 0.3 is 0 Å². The van der Waals surface area contributed by atoms with Gasteiger partial charge in [-0.15, -0.1) is 10.2 Å². The number of benzene rings is 1. The molecule has 0 amide bonds. The summed E-state index contributed by atoms with van der Waals surface area (Å²) in [5, 5.41) is 8.39. The van der Waals surface area contributed by atoms with E-state index in [-0.39, 0.29) is 11.5 Å². The van der Waals surface area contributed by atoms with Crippen LogP contribution in [0, 0.1) is 0 Å².